The molecule has 1 aromatic heterocycles. The van der Waals surface area contributed by atoms with Gasteiger partial charge in [0.2, 0.25) is 0 Å². The predicted octanol–water partition coefficient (Wildman–Crippen LogP) is 0.137. The van der Waals surface area contributed by atoms with Crippen molar-refractivity contribution < 1.29 is 4.74 Å². The minimum atomic E-state index is 0.652. The first-order valence-electron chi connectivity index (χ1n) is 4.42. The van der Waals surface area contributed by atoms with Crippen LogP contribution in [0.4, 0.5) is 11.6 Å². The van der Waals surface area contributed by atoms with Crippen molar-refractivity contribution in [3.63, 3.8) is 0 Å². The summed E-state index contributed by atoms with van der Waals surface area (Å²) in [6.07, 6.45) is 0. The number of rotatable bonds is 1. The highest BCUT2D eigenvalue weighted by Gasteiger charge is 2.16. The van der Waals surface area contributed by atoms with Gasteiger partial charge in [-0.2, -0.15) is 0 Å². The second-order valence-corrected chi connectivity index (χ2v) is 3.16. The van der Waals surface area contributed by atoms with Gasteiger partial charge < -0.3 is 20.4 Å². The topological polar surface area (TPSA) is 67.2 Å². The van der Waals surface area contributed by atoms with E-state index in [4.69, 9.17) is 10.5 Å². The first-order valence-corrected chi connectivity index (χ1v) is 4.42. The zero-order chi connectivity index (χ0) is 9.26. The van der Waals surface area contributed by atoms with Crippen LogP contribution in [0, 0.1) is 6.92 Å². The normalized spacial score (nSPS) is 17.8. The monoisotopic (exact) mass is 182 g/mol. The molecule has 0 aliphatic carbocycles. The highest BCUT2D eigenvalue weighted by atomic mass is 16.5. The second kappa shape index (κ2) is 3.26. The molecule has 13 heavy (non-hydrogen) atoms. The fraction of sp³-hybridized carbons (Fsp3) is 0.625. The zero-order valence-electron chi connectivity index (χ0n) is 7.71. The van der Waals surface area contributed by atoms with E-state index >= 15 is 0 Å². The van der Waals surface area contributed by atoms with Crippen molar-refractivity contribution in [1.29, 1.82) is 0 Å². The third-order valence-corrected chi connectivity index (χ3v) is 2.14. The number of aromatic nitrogens is 2. The molecule has 0 spiro atoms. The number of hydrogen-bond acceptors (Lipinski definition) is 4. The number of morpholine rings is 1. The Morgan fingerprint density at radius 1 is 1.46 bits per heavy atom. The van der Waals surface area contributed by atoms with E-state index in [2.05, 4.69) is 14.9 Å². The molecule has 0 atom stereocenters. The molecule has 5 nitrogen and oxygen atoms in total. The third kappa shape index (κ3) is 1.60. The fourth-order valence-corrected chi connectivity index (χ4v) is 1.51. The number of ether oxygens (including phenoxy) is 1. The molecule has 0 unspecified atom stereocenters. The van der Waals surface area contributed by atoms with Crippen LogP contribution < -0.4 is 10.6 Å². The number of nitrogen functional groups attached to an aromatic ring is 1. The largest absolute Gasteiger partial charge is 0.382 e. The number of aromatic amines is 1. The number of anilines is 2. The molecule has 5 heteroatoms. The second-order valence-electron chi connectivity index (χ2n) is 3.16. The van der Waals surface area contributed by atoms with Crippen LogP contribution in [0.15, 0.2) is 0 Å². The lowest BCUT2D eigenvalue weighted by Gasteiger charge is -2.26. The van der Waals surface area contributed by atoms with Crippen LogP contribution in [-0.4, -0.2) is 36.3 Å². The molecule has 1 saturated heterocycles. The zero-order valence-corrected chi connectivity index (χ0v) is 7.71. The highest BCUT2D eigenvalue weighted by molar-refractivity contribution is 5.59. The lowest BCUT2D eigenvalue weighted by Crippen LogP contribution is -2.36. The SMILES string of the molecule is Cc1nc(N2CCOCC2)c(N)[nH]1. The number of nitrogens with one attached hydrogen (secondary N) is 1. The van der Waals surface area contributed by atoms with Gasteiger partial charge in [-0.3, -0.25) is 0 Å². The Hall–Kier alpha value is -1.23. The van der Waals surface area contributed by atoms with Gasteiger partial charge >= 0.3 is 0 Å². The Labute approximate surface area is 76.9 Å². The molecule has 0 aromatic carbocycles. The van der Waals surface area contributed by atoms with Gasteiger partial charge in [0.15, 0.2) is 5.82 Å². The maximum Gasteiger partial charge on any atom is 0.171 e. The van der Waals surface area contributed by atoms with Crippen LogP contribution in [0.2, 0.25) is 0 Å². The molecule has 3 N–H and O–H groups in total. The minimum absolute atomic E-state index is 0.652. The number of imidazole rings is 1. The first kappa shape index (κ1) is 8.37. The summed E-state index contributed by atoms with van der Waals surface area (Å²) in [5.74, 6) is 2.37. The van der Waals surface area contributed by atoms with Gasteiger partial charge in [-0.05, 0) is 6.92 Å². The number of H-pyrrole nitrogens is 1. The van der Waals surface area contributed by atoms with E-state index < -0.39 is 0 Å². The summed E-state index contributed by atoms with van der Waals surface area (Å²) in [6, 6.07) is 0. The van der Waals surface area contributed by atoms with Crippen LogP contribution in [0.1, 0.15) is 5.82 Å². The van der Waals surface area contributed by atoms with Crippen LogP contribution in [0.5, 0.6) is 0 Å². The highest BCUT2D eigenvalue weighted by Crippen LogP contribution is 2.20. The standard InChI is InChI=1S/C8H14N4O/c1-6-10-7(9)8(11-6)12-2-4-13-5-3-12/h2-5,9H2,1H3,(H,10,11). The number of nitrogens with two attached hydrogens (primary N) is 1. The lowest BCUT2D eigenvalue weighted by atomic mass is 10.4. The van der Waals surface area contributed by atoms with Gasteiger partial charge in [0, 0.05) is 13.1 Å². The van der Waals surface area contributed by atoms with E-state index in [1.54, 1.807) is 0 Å². The molecule has 0 saturated carbocycles. The van der Waals surface area contributed by atoms with Gasteiger partial charge in [-0.1, -0.05) is 0 Å². The van der Waals surface area contributed by atoms with E-state index in [1.165, 1.54) is 0 Å². The van der Waals surface area contributed by atoms with Crippen molar-refractivity contribution in [3.05, 3.63) is 5.82 Å². The van der Waals surface area contributed by atoms with Gasteiger partial charge in [0.25, 0.3) is 0 Å². The maximum absolute atomic E-state index is 5.77. The van der Waals surface area contributed by atoms with E-state index in [9.17, 15) is 0 Å². The summed E-state index contributed by atoms with van der Waals surface area (Å²) in [5.41, 5.74) is 5.77. The van der Waals surface area contributed by atoms with Crippen molar-refractivity contribution in [3.8, 4) is 0 Å². The molecule has 72 valence electrons. The van der Waals surface area contributed by atoms with Crippen LogP contribution in [0.25, 0.3) is 0 Å². The Bertz CT molecular complexity index is 290. The van der Waals surface area contributed by atoms with Crippen molar-refractivity contribution in [2.24, 2.45) is 0 Å². The van der Waals surface area contributed by atoms with Crippen molar-refractivity contribution in [1.82, 2.24) is 9.97 Å². The molecule has 0 bridgehead atoms. The number of aryl methyl sites for hydroxylation is 1. The predicted molar refractivity (Wildman–Crippen MR) is 50.8 cm³/mol. The van der Waals surface area contributed by atoms with Crippen molar-refractivity contribution in [2.45, 2.75) is 6.92 Å². The summed E-state index contributed by atoms with van der Waals surface area (Å²) in [7, 11) is 0. The molecule has 0 radical (unpaired) electrons. The summed E-state index contributed by atoms with van der Waals surface area (Å²) in [6.45, 7) is 5.15. The summed E-state index contributed by atoms with van der Waals surface area (Å²) in [5, 5.41) is 0. The Morgan fingerprint density at radius 2 is 2.15 bits per heavy atom. The smallest absolute Gasteiger partial charge is 0.171 e. The number of nitrogens with zero attached hydrogens (tertiary/aromatic N) is 2. The molecular formula is C8H14N4O. The molecule has 2 heterocycles. The van der Waals surface area contributed by atoms with Gasteiger partial charge in [-0.15, -0.1) is 0 Å². The van der Waals surface area contributed by atoms with E-state index in [0.717, 1.165) is 37.9 Å². The molecule has 0 amide bonds. The van der Waals surface area contributed by atoms with Crippen molar-refractivity contribution >= 4 is 11.6 Å². The van der Waals surface area contributed by atoms with Gasteiger partial charge in [-0.25, -0.2) is 4.98 Å². The quantitative estimate of drug-likeness (QED) is 0.648. The molecular weight excluding hydrogens is 168 g/mol. The van der Waals surface area contributed by atoms with Crippen LogP contribution >= 0.6 is 0 Å². The third-order valence-electron chi connectivity index (χ3n) is 2.14. The molecule has 1 aliphatic rings. The fourth-order valence-electron chi connectivity index (χ4n) is 1.51. The maximum atomic E-state index is 5.77. The molecule has 1 aromatic rings. The minimum Gasteiger partial charge on any atom is -0.382 e. The lowest BCUT2D eigenvalue weighted by molar-refractivity contribution is 0.122. The average molecular weight is 182 g/mol. The van der Waals surface area contributed by atoms with Crippen molar-refractivity contribution in [2.75, 3.05) is 36.9 Å². The molecule has 1 aliphatic heterocycles. The Kier molecular flexibility index (Phi) is 2.10. The van der Waals surface area contributed by atoms with E-state index in [-0.39, 0.29) is 0 Å². The summed E-state index contributed by atoms with van der Waals surface area (Å²) >= 11 is 0. The Morgan fingerprint density at radius 3 is 2.69 bits per heavy atom. The van der Waals surface area contributed by atoms with E-state index in [1.807, 2.05) is 6.92 Å². The van der Waals surface area contributed by atoms with Gasteiger partial charge in [0.05, 0.1) is 13.2 Å². The Balaban J connectivity index is 2.18. The first-order chi connectivity index (χ1) is 6.27. The summed E-state index contributed by atoms with van der Waals surface area (Å²) < 4.78 is 5.25. The molecule has 1 fully saturated rings. The summed E-state index contributed by atoms with van der Waals surface area (Å²) in [4.78, 5) is 9.45. The van der Waals surface area contributed by atoms with E-state index in [0.29, 0.717) is 5.82 Å². The van der Waals surface area contributed by atoms with Crippen LogP contribution in [-0.2, 0) is 4.74 Å². The molecule has 2 rings (SSSR count). The van der Waals surface area contributed by atoms with Gasteiger partial charge in [0.1, 0.15) is 11.6 Å². The average Bonchev–Trinajstić information content (AvgIpc) is 2.47. The van der Waals surface area contributed by atoms with Crippen LogP contribution in [0.3, 0.4) is 0 Å². The number of hydrogen-bond donors (Lipinski definition) is 2.